The van der Waals surface area contributed by atoms with Crippen LogP contribution in [-0.2, 0) is 0 Å². The molecule has 14 heavy (non-hydrogen) atoms. The highest BCUT2D eigenvalue weighted by molar-refractivity contribution is 4.76. The van der Waals surface area contributed by atoms with Crippen LogP contribution in [-0.4, -0.2) is 12.6 Å². The van der Waals surface area contributed by atoms with Gasteiger partial charge in [0.25, 0.3) is 0 Å². The summed E-state index contributed by atoms with van der Waals surface area (Å²) in [6, 6.07) is 0.819. The van der Waals surface area contributed by atoms with Gasteiger partial charge in [-0.3, -0.25) is 0 Å². The van der Waals surface area contributed by atoms with Gasteiger partial charge < -0.3 is 5.32 Å². The zero-order chi connectivity index (χ0) is 10.4. The smallest absolute Gasteiger partial charge is 0.00697 e. The van der Waals surface area contributed by atoms with Gasteiger partial charge in [0, 0.05) is 6.04 Å². The molecule has 84 valence electrons. The van der Waals surface area contributed by atoms with Gasteiger partial charge in [-0.15, -0.1) is 0 Å². The van der Waals surface area contributed by atoms with Gasteiger partial charge in [0.15, 0.2) is 0 Å². The normalized spacial score (nSPS) is 28.3. The minimum absolute atomic E-state index is 0.819. The third-order valence-electron chi connectivity index (χ3n) is 3.79. The van der Waals surface area contributed by atoms with Gasteiger partial charge in [0.2, 0.25) is 0 Å². The minimum atomic E-state index is 0.819. The highest BCUT2D eigenvalue weighted by atomic mass is 14.9. The SMILES string of the molecule is CCC(CC)CNC1CCCC(C)C1. The summed E-state index contributed by atoms with van der Waals surface area (Å²) in [4.78, 5) is 0. The molecule has 2 unspecified atom stereocenters. The Hall–Kier alpha value is -0.0400. The van der Waals surface area contributed by atoms with Crippen LogP contribution in [0.5, 0.6) is 0 Å². The van der Waals surface area contributed by atoms with Crippen LogP contribution >= 0.6 is 0 Å². The number of nitrogens with one attached hydrogen (secondary N) is 1. The van der Waals surface area contributed by atoms with E-state index in [1.807, 2.05) is 0 Å². The Kier molecular flexibility index (Phi) is 5.54. The molecule has 0 aliphatic heterocycles. The van der Waals surface area contributed by atoms with Crippen LogP contribution in [0, 0.1) is 11.8 Å². The molecule has 0 amide bonds. The molecule has 1 saturated carbocycles. The maximum Gasteiger partial charge on any atom is 0.00697 e. The van der Waals surface area contributed by atoms with Crippen molar-refractivity contribution in [3.05, 3.63) is 0 Å². The monoisotopic (exact) mass is 197 g/mol. The first-order valence-electron chi connectivity index (χ1n) is 6.49. The molecular formula is C13H27N. The fourth-order valence-electron chi connectivity index (χ4n) is 2.53. The Morgan fingerprint density at radius 2 is 1.93 bits per heavy atom. The van der Waals surface area contributed by atoms with E-state index in [0.29, 0.717) is 0 Å². The number of hydrogen-bond donors (Lipinski definition) is 1. The molecule has 0 saturated heterocycles. The van der Waals surface area contributed by atoms with Crippen LogP contribution in [0.2, 0.25) is 0 Å². The molecule has 1 N–H and O–H groups in total. The summed E-state index contributed by atoms with van der Waals surface area (Å²) < 4.78 is 0. The first-order chi connectivity index (χ1) is 6.76. The third-order valence-corrected chi connectivity index (χ3v) is 3.79. The number of hydrogen-bond acceptors (Lipinski definition) is 1. The van der Waals surface area contributed by atoms with Gasteiger partial charge in [-0.2, -0.15) is 0 Å². The molecule has 0 bridgehead atoms. The van der Waals surface area contributed by atoms with Crippen LogP contribution < -0.4 is 5.32 Å². The zero-order valence-electron chi connectivity index (χ0n) is 10.2. The molecule has 0 aromatic carbocycles. The van der Waals surface area contributed by atoms with Crippen molar-refractivity contribution in [2.75, 3.05) is 6.54 Å². The summed E-state index contributed by atoms with van der Waals surface area (Å²) in [5.74, 6) is 1.84. The van der Waals surface area contributed by atoms with Crippen molar-refractivity contribution >= 4 is 0 Å². The molecule has 0 radical (unpaired) electrons. The molecule has 2 atom stereocenters. The van der Waals surface area contributed by atoms with Crippen LogP contribution in [0.25, 0.3) is 0 Å². The molecule has 1 nitrogen and oxygen atoms in total. The van der Waals surface area contributed by atoms with Crippen molar-refractivity contribution < 1.29 is 0 Å². The lowest BCUT2D eigenvalue weighted by Crippen LogP contribution is -2.36. The molecular weight excluding hydrogens is 170 g/mol. The fourth-order valence-corrected chi connectivity index (χ4v) is 2.53. The third kappa shape index (κ3) is 4.00. The largest absolute Gasteiger partial charge is 0.314 e. The van der Waals surface area contributed by atoms with Crippen molar-refractivity contribution in [1.29, 1.82) is 0 Å². The molecule has 1 aliphatic carbocycles. The Morgan fingerprint density at radius 3 is 2.50 bits per heavy atom. The molecule has 0 spiro atoms. The summed E-state index contributed by atoms with van der Waals surface area (Å²) in [5, 5.41) is 3.75. The van der Waals surface area contributed by atoms with Gasteiger partial charge >= 0.3 is 0 Å². The first-order valence-corrected chi connectivity index (χ1v) is 6.49. The maximum absolute atomic E-state index is 3.75. The second kappa shape index (κ2) is 6.44. The van der Waals surface area contributed by atoms with E-state index in [4.69, 9.17) is 0 Å². The average molecular weight is 197 g/mol. The number of rotatable bonds is 5. The van der Waals surface area contributed by atoms with E-state index in [1.54, 1.807) is 0 Å². The van der Waals surface area contributed by atoms with Crippen molar-refractivity contribution in [1.82, 2.24) is 5.32 Å². The summed E-state index contributed by atoms with van der Waals surface area (Å²) in [5.41, 5.74) is 0. The molecule has 0 aromatic rings. The molecule has 0 heterocycles. The quantitative estimate of drug-likeness (QED) is 0.710. The highest BCUT2D eigenvalue weighted by Crippen LogP contribution is 2.23. The molecule has 1 aliphatic rings. The lowest BCUT2D eigenvalue weighted by Gasteiger charge is -2.29. The van der Waals surface area contributed by atoms with Crippen molar-refractivity contribution in [3.8, 4) is 0 Å². The van der Waals surface area contributed by atoms with E-state index >= 15 is 0 Å². The van der Waals surface area contributed by atoms with Crippen molar-refractivity contribution in [3.63, 3.8) is 0 Å². The Labute approximate surface area is 89.7 Å². The maximum atomic E-state index is 3.75. The average Bonchev–Trinajstić information content (AvgIpc) is 2.19. The molecule has 1 fully saturated rings. The fraction of sp³-hybridized carbons (Fsp3) is 1.00. The molecule has 1 heteroatoms. The van der Waals surface area contributed by atoms with E-state index < -0.39 is 0 Å². The van der Waals surface area contributed by atoms with E-state index in [2.05, 4.69) is 26.1 Å². The van der Waals surface area contributed by atoms with Gasteiger partial charge in [-0.1, -0.05) is 46.5 Å². The van der Waals surface area contributed by atoms with E-state index in [0.717, 1.165) is 17.9 Å². The van der Waals surface area contributed by atoms with Crippen LogP contribution in [0.1, 0.15) is 59.3 Å². The van der Waals surface area contributed by atoms with Crippen molar-refractivity contribution in [2.45, 2.75) is 65.3 Å². The van der Waals surface area contributed by atoms with Crippen LogP contribution in [0.3, 0.4) is 0 Å². The van der Waals surface area contributed by atoms with E-state index in [-0.39, 0.29) is 0 Å². The minimum Gasteiger partial charge on any atom is -0.314 e. The van der Waals surface area contributed by atoms with E-state index in [1.165, 1.54) is 45.1 Å². The Balaban J connectivity index is 2.16. The van der Waals surface area contributed by atoms with E-state index in [9.17, 15) is 0 Å². The summed E-state index contributed by atoms with van der Waals surface area (Å²) >= 11 is 0. The van der Waals surface area contributed by atoms with Crippen LogP contribution in [0.4, 0.5) is 0 Å². The highest BCUT2D eigenvalue weighted by Gasteiger charge is 2.18. The second-order valence-corrected chi connectivity index (χ2v) is 5.06. The first kappa shape index (κ1) is 12.0. The van der Waals surface area contributed by atoms with Gasteiger partial charge in [-0.25, -0.2) is 0 Å². The topological polar surface area (TPSA) is 12.0 Å². The molecule has 0 aromatic heterocycles. The lowest BCUT2D eigenvalue weighted by molar-refractivity contribution is 0.285. The predicted octanol–water partition coefficient (Wildman–Crippen LogP) is 3.59. The van der Waals surface area contributed by atoms with Gasteiger partial charge in [-0.05, 0) is 31.2 Å². The Bertz CT molecular complexity index is 140. The lowest BCUT2D eigenvalue weighted by atomic mass is 9.87. The van der Waals surface area contributed by atoms with Gasteiger partial charge in [0.1, 0.15) is 0 Å². The zero-order valence-corrected chi connectivity index (χ0v) is 10.2. The summed E-state index contributed by atoms with van der Waals surface area (Å²) in [7, 11) is 0. The van der Waals surface area contributed by atoms with Gasteiger partial charge in [0.05, 0.1) is 0 Å². The van der Waals surface area contributed by atoms with Crippen molar-refractivity contribution in [2.24, 2.45) is 11.8 Å². The predicted molar refractivity (Wildman–Crippen MR) is 63.5 cm³/mol. The standard InChI is InChI=1S/C13H27N/c1-4-12(5-2)10-14-13-8-6-7-11(3)9-13/h11-14H,4-10H2,1-3H3. The second-order valence-electron chi connectivity index (χ2n) is 5.06. The molecule has 1 rings (SSSR count). The van der Waals surface area contributed by atoms with Crippen LogP contribution in [0.15, 0.2) is 0 Å². The summed E-state index contributed by atoms with van der Waals surface area (Å²) in [6.45, 7) is 8.24. The Morgan fingerprint density at radius 1 is 1.21 bits per heavy atom. The summed E-state index contributed by atoms with van der Waals surface area (Å²) in [6.07, 6.45) is 8.34.